The Balaban J connectivity index is 1.68. The molecule has 5 nitrogen and oxygen atoms in total. The molecule has 0 aliphatic rings. The number of carboxylic acids is 1. The van der Waals surface area contributed by atoms with E-state index >= 15 is 0 Å². The first-order valence-corrected chi connectivity index (χ1v) is 9.08. The molecule has 3 aromatic carbocycles. The minimum Gasteiger partial charge on any atom is -0.493 e. The third-order valence-corrected chi connectivity index (χ3v) is 4.50. The van der Waals surface area contributed by atoms with E-state index in [1.54, 1.807) is 37.4 Å². The number of halogens is 1. The predicted molar refractivity (Wildman–Crippen MR) is 109 cm³/mol. The van der Waals surface area contributed by atoms with Crippen LogP contribution in [0.1, 0.15) is 27.0 Å². The van der Waals surface area contributed by atoms with E-state index in [1.807, 2.05) is 25.1 Å². The maximum absolute atomic E-state index is 13.0. The zero-order valence-corrected chi connectivity index (χ0v) is 16.2. The van der Waals surface area contributed by atoms with Crippen molar-refractivity contribution in [2.24, 2.45) is 0 Å². The smallest absolute Gasteiger partial charge is 0.335 e. The molecular weight excluding hydrogens is 373 g/mol. The average Bonchev–Trinajstić information content (AvgIpc) is 2.72. The van der Waals surface area contributed by atoms with Crippen LogP contribution in [0, 0.1) is 12.7 Å². The van der Waals surface area contributed by atoms with Gasteiger partial charge in [0.05, 0.1) is 12.7 Å². The molecule has 0 saturated carbocycles. The Hall–Kier alpha value is -3.54. The van der Waals surface area contributed by atoms with Gasteiger partial charge in [-0.15, -0.1) is 0 Å². The molecule has 0 radical (unpaired) electrons. The first-order chi connectivity index (χ1) is 14.0. The summed E-state index contributed by atoms with van der Waals surface area (Å²) < 4.78 is 24.2. The van der Waals surface area contributed by atoms with Gasteiger partial charge in [-0.1, -0.05) is 24.3 Å². The molecular formula is C23H22FNO4. The Morgan fingerprint density at radius 3 is 2.41 bits per heavy atom. The molecule has 0 saturated heterocycles. The van der Waals surface area contributed by atoms with Crippen LogP contribution in [0.25, 0.3) is 0 Å². The molecule has 0 aromatic heterocycles. The third kappa shape index (κ3) is 5.25. The number of methoxy groups -OCH3 is 1. The van der Waals surface area contributed by atoms with E-state index in [0.29, 0.717) is 24.7 Å². The zero-order valence-electron chi connectivity index (χ0n) is 16.2. The van der Waals surface area contributed by atoms with Gasteiger partial charge in [-0.05, 0) is 60.0 Å². The molecule has 0 unspecified atom stereocenters. The van der Waals surface area contributed by atoms with Gasteiger partial charge in [0.15, 0.2) is 11.5 Å². The van der Waals surface area contributed by atoms with Gasteiger partial charge in [-0.3, -0.25) is 0 Å². The van der Waals surface area contributed by atoms with E-state index in [9.17, 15) is 9.18 Å². The van der Waals surface area contributed by atoms with Crippen LogP contribution in [-0.2, 0) is 13.2 Å². The van der Waals surface area contributed by atoms with Gasteiger partial charge in [-0.25, -0.2) is 9.18 Å². The fourth-order valence-electron chi connectivity index (χ4n) is 2.83. The van der Waals surface area contributed by atoms with E-state index in [4.69, 9.17) is 14.6 Å². The predicted octanol–water partition coefficient (Wildman–Crippen LogP) is 5.03. The molecule has 0 fully saturated rings. The fourth-order valence-corrected chi connectivity index (χ4v) is 2.83. The second-order valence-corrected chi connectivity index (χ2v) is 6.59. The van der Waals surface area contributed by atoms with Crippen LogP contribution in [0.15, 0.2) is 60.7 Å². The van der Waals surface area contributed by atoms with Crippen LogP contribution in [0.3, 0.4) is 0 Å². The van der Waals surface area contributed by atoms with Crippen LogP contribution in [0.2, 0.25) is 0 Å². The van der Waals surface area contributed by atoms with Crippen molar-refractivity contribution in [3.63, 3.8) is 0 Å². The molecule has 0 spiro atoms. The topological polar surface area (TPSA) is 67.8 Å². The van der Waals surface area contributed by atoms with Crippen molar-refractivity contribution in [1.82, 2.24) is 0 Å². The summed E-state index contributed by atoms with van der Waals surface area (Å²) >= 11 is 0. The van der Waals surface area contributed by atoms with Gasteiger partial charge in [0.25, 0.3) is 0 Å². The normalized spacial score (nSPS) is 10.4. The number of ether oxygens (including phenoxy) is 2. The van der Waals surface area contributed by atoms with Crippen LogP contribution >= 0.6 is 0 Å². The summed E-state index contributed by atoms with van der Waals surface area (Å²) in [6.45, 7) is 2.72. The van der Waals surface area contributed by atoms with Gasteiger partial charge >= 0.3 is 5.97 Å². The summed E-state index contributed by atoms with van der Waals surface area (Å²) in [5.74, 6) is -0.0725. The van der Waals surface area contributed by atoms with Crippen molar-refractivity contribution in [1.29, 1.82) is 0 Å². The lowest BCUT2D eigenvalue weighted by Crippen LogP contribution is -2.04. The molecule has 0 aliphatic heterocycles. The SMILES string of the molecule is COc1cc(CNc2cc(C(=O)O)ccc2C)ccc1OCc1ccc(F)cc1. The first-order valence-electron chi connectivity index (χ1n) is 9.08. The van der Waals surface area contributed by atoms with Gasteiger partial charge in [0.1, 0.15) is 12.4 Å². The second kappa shape index (κ2) is 9.10. The number of hydrogen-bond acceptors (Lipinski definition) is 4. The Bertz CT molecular complexity index is 1000. The molecule has 0 aliphatic carbocycles. The van der Waals surface area contributed by atoms with Crippen LogP contribution in [0.4, 0.5) is 10.1 Å². The van der Waals surface area contributed by atoms with Crippen LogP contribution in [0.5, 0.6) is 11.5 Å². The van der Waals surface area contributed by atoms with Crippen molar-refractivity contribution in [3.8, 4) is 11.5 Å². The molecule has 2 N–H and O–H groups in total. The van der Waals surface area contributed by atoms with Crippen molar-refractivity contribution < 1.29 is 23.8 Å². The maximum atomic E-state index is 13.0. The highest BCUT2D eigenvalue weighted by Gasteiger charge is 2.09. The lowest BCUT2D eigenvalue weighted by Gasteiger charge is -2.14. The van der Waals surface area contributed by atoms with Crippen molar-refractivity contribution in [2.75, 3.05) is 12.4 Å². The molecule has 3 aromatic rings. The lowest BCUT2D eigenvalue weighted by atomic mass is 10.1. The number of rotatable bonds is 8. The summed E-state index contributed by atoms with van der Waals surface area (Å²) in [6.07, 6.45) is 0. The Labute approximate surface area is 168 Å². The largest absolute Gasteiger partial charge is 0.493 e. The standard InChI is InChI=1S/C23H22FNO4/c1-15-3-7-18(23(26)27)12-20(15)25-13-17-6-10-21(22(11-17)28-2)29-14-16-4-8-19(24)9-5-16/h3-12,25H,13-14H2,1-2H3,(H,26,27). The summed E-state index contributed by atoms with van der Waals surface area (Å²) in [5, 5.41) is 12.4. The average molecular weight is 395 g/mol. The van der Waals surface area contributed by atoms with Crippen molar-refractivity contribution >= 4 is 11.7 Å². The number of aromatic carboxylic acids is 1. The van der Waals surface area contributed by atoms with E-state index in [2.05, 4.69) is 5.32 Å². The molecule has 0 bridgehead atoms. The number of hydrogen-bond donors (Lipinski definition) is 2. The summed E-state index contributed by atoms with van der Waals surface area (Å²) in [4.78, 5) is 11.2. The van der Waals surface area contributed by atoms with E-state index in [0.717, 1.165) is 22.4 Å². The molecule has 29 heavy (non-hydrogen) atoms. The van der Waals surface area contributed by atoms with Gasteiger partial charge < -0.3 is 19.9 Å². The summed E-state index contributed by atoms with van der Waals surface area (Å²) in [5.41, 5.74) is 3.77. The monoisotopic (exact) mass is 395 g/mol. The maximum Gasteiger partial charge on any atom is 0.335 e. The fraction of sp³-hybridized carbons (Fsp3) is 0.174. The minimum absolute atomic E-state index is 0.236. The zero-order chi connectivity index (χ0) is 20.8. The molecule has 6 heteroatoms. The van der Waals surface area contributed by atoms with E-state index < -0.39 is 5.97 Å². The Morgan fingerprint density at radius 2 is 1.72 bits per heavy atom. The third-order valence-electron chi connectivity index (χ3n) is 4.50. The van der Waals surface area contributed by atoms with Gasteiger partial charge in [0, 0.05) is 12.2 Å². The van der Waals surface area contributed by atoms with E-state index in [1.165, 1.54) is 12.1 Å². The molecule has 150 valence electrons. The number of benzene rings is 3. The highest BCUT2D eigenvalue weighted by atomic mass is 19.1. The Kier molecular flexibility index (Phi) is 6.34. The number of nitrogens with one attached hydrogen (secondary N) is 1. The highest BCUT2D eigenvalue weighted by Crippen LogP contribution is 2.29. The quantitative estimate of drug-likeness (QED) is 0.560. The molecule has 3 rings (SSSR count). The van der Waals surface area contributed by atoms with Gasteiger partial charge in [-0.2, -0.15) is 0 Å². The molecule has 0 atom stereocenters. The van der Waals surface area contributed by atoms with Crippen LogP contribution < -0.4 is 14.8 Å². The van der Waals surface area contributed by atoms with Crippen molar-refractivity contribution in [2.45, 2.75) is 20.1 Å². The Morgan fingerprint density at radius 1 is 1.00 bits per heavy atom. The molecule has 0 heterocycles. The highest BCUT2D eigenvalue weighted by molar-refractivity contribution is 5.89. The van der Waals surface area contributed by atoms with Gasteiger partial charge in [0.2, 0.25) is 0 Å². The minimum atomic E-state index is -0.961. The molecule has 0 amide bonds. The second-order valence-electron chi connectivity index (χ2n) is 6.59. The number of aryl methyl sites for hydroxylation is 1. The summed E-state index contributed by atoms with van der Waals surface area (Å²) in [7, 11) is 1.57. The lowest BCUT2D eigenvalue weighted by molar-refractivity contribution is 0.0697. The number of carboxylic acid groups (broad SMARTS) is 1. The van der Waals surface area contributed by atoms with Crippen molar-refractivity contribution in [3.05, 3.63) is 88.7 Å². The number of carbonyl (C=O) groups is 1. The summed E-state index contributed by atoms with van der Waals surface area (Å²) in [6, 6.07) is 16.7. The first kappa shape index (κ1) is 20.2. The van der Waals surface area contributed by atoms with E-state index in [-0.39, 0.29) is 11.4 Å². The number of anilines is 1. The van der Waals surface area contributed by atoms with Crippen LogP contribution in [-0.4, -0.2) is 18.2 Å².